The molecule has 4 rings (SSSR count). The number of pyridine rings is 1. The molecule has 3 aliphatic rings. The van der Waals surface area contributed by atoms with Crippen molar-refractivity contribution in [2.45, 2.75) is 56.2 Å². The molecule has 0 aromatic carbocycles. The fraction of sp³-hybridized carbons (Fsp3) is 0.526. The first-order valence-corrected chi connectivity index (χ1v) is 9.20. The fourth-order valence-electron chi connectivity index (χ4n) is 4.13. The molecule has 29 heavy (non-hydrogen) atoms. The molecule has 1 aromatic heterocycles. The molecule has 0 amide bonds. The van der Waals surface area contributed by atoms with E-state index in [0.29, 0.717) is 18.7 Å². The van der Waals surface area contributed by atoms with E-state index in [1.54, 1.807) is 0 Å². The van der Waals surface area contributed by atoms with Crippen molar-refractivity contribution in [1.29, 1.82) is 0 Å². The van der Waals surface area contributed by atoms with Crippen LogP contribution in [-0.2, 0) is 15.7 Å². The number of halogens is 6. The zero-order valence-electron chi connectivity index (χ0n) is 15.1. The summed E-state index contributed by atoms with van der Waals surface area (Å²) in [5.41, 5.74) is -1.56. The van der Waals surface area contributed by atoms with Gasteiger partial charge in [0.1, 0.15) is 18.5 Å². The third kappa shape index (κ3) is 4.16. The molecular weight excluding hydrogens is 402 g/mol. The lowest BCUT2D eigenvalue weighted by atomic mass is 9.99. The van der Waals surface area contributed by atoms with Crippen LogP contribution >= 0.6 is 0 Å². The number of hydrogen-bond donors (Lipinski definition) is 0. The summed E-state index contributed by atoms with van der Waals surface area (Å²) in [6, 6.07) is 2.50. The molecule has 158 valence electrons. The molecular formula is C19H18F6N2O2. The second-order valence-corrected chi connectivity index (χ2v) is 7.37. The lowest BCUT2D eigenvalue weighted by Gasteiger charge is -2.40. The molecule has 4 heterocycles. The highest BCUT2D eigenvalue weighted by molar-refractivity contribution is 5.45. The number of rotatable bonds is 3. The molecule has 0 aliphatic carbocycles. The van der Waals surface area contributed by atoms with Crippen LogP contribution in [0.2, 0.25) is 0 Å². The maximum Gasteiger partial charge on any atom is 0.417 e. The van der Waals surface area contributed by atoms with Gasteiger partial charge in [0.05, 0.1) is 11.1 Å². The Bertz CT molecular complexity index is 801. The summed E-state index contributed by atoms with van der Waals surface area (Å²) in [5.74, 6) is 0.554. The second-order valence-electron chi connectivity index (χ2n) is 7.37. The fourth-order valence-corrected chi connectivity index (χ4v) is 4.13. The van der Waals surface area contributed by atoms with Crippen molar-refractivity contribution in [3.63, 3.8) is 0 Å². The molecule has 0 radical (unpaired) electrons. The van der Waals surface area contributed by atoms with Gasteiger partial charge in [0.15, 0.2) is 0 Å². The van der Waals surface area contributed by atoms with Crippen molar-refractivity contribution in [2.24, 2.45) is 0 Å². The summed E-state index contributed by atoms with van der Waals surface area (Å²) in [5, 5.41) is 0. The first-order valence-electron chi connectivity index (χ1n) is 9.20. The summed E-state index contributed by atoms with van der Waals surface area (Å²) < 4.78 is 87.0. The van der Waals surface area contributed by atoms with Gasteiger partial charge in [0.2, 0.25) is 0 Å². The molecule has 1 unspecified atom stereocenters. The molecule has 1 aromatic rings. The molecule has 0 saturated carbocycles. The van der Waals surface area contributed by atoms with Gasteiger partial charge in [-0.2, -0.15) is 26.3 Å². The topological polar surface area (TPSA) is 34.6 Å². The van der Waals surface area contributed by atoms with Crippen LogP contribution in [0.4, 0.5) is 32.2 Å². The Morgan fingerprint density at radius 3 is 2.14 bits per heavy atom. The number of aromatic nitrogens is 1. The van der Waals surface area contributed by atoms with Gasteiger partial charge in [-0.1, -0.05) is 0 Å². The largest absolute Gasteiger partial charge is 0.462 e. The van der Waals surface area contributed by atoms with Gasteiger partial charge < -0.3 is 14.4 Å². The summed E-state index contributed by atoms with van der Waals surface area (Å²) >= 11 is 0. The Hall–Kier alpha value is -2.39. The molecule has 2 saturated heterocycles. The zero-order chi connectivity index (χ0) is 20.8. The minimum absolute atomic E-state index is 0.0495. The molecule has 0 spiro atoms. The van der Waals surface area contributed by atoms with E-state index in [2.05, 4.69) is 4.98 Å². The zero-order valence-corrected chi connectivity index (χ0v) is 15.1. The van der Waals surface area contributed by atoms with E-state index in [0.717, 1.165) is 31.2 Å². The number of ether oxygens (including phenoxy) is 2. The van der Waals surface area contributed by atoms with Crippen molar-refractivity contribution >= 4 is 5.82 Å². The molecule has 3 atom stereocenters. The Morgan fingerprint density at radius 2 is 1.66 bits per heavy atom. The van der Waals surface area contributed by atoms with Gasteiger partial charge in [-0.05, 0) is 31.1 Å². The molecule has 0 N–H and O–H groups in total. The normalized spacial score (nSPS) is 27.2. The van der Waals surface area contributed by atoms with E-state index in [-0.39, 0.29) is 24.1 Å². The van der Waals surface area contributed by atoms with E-state index in [1.807, 2.05) is 4.90 Å². The first-order chi connectivity index (χ1) is 13.6. The lowest BCUT2D eigenvalue weighted by Crippen LogP contribution is -2.46. The van der Waals surface area contributed by atoms with E-state index in [1.165, 1.54) is 12.1 Å². The van der Waals surface area contributed by atoms with Crippen LogP contribution < -0.4 is 4.90 Å². The van der Waals surface area contributed by atoms with Gasteiger partial charge >= 0.3 is 12.4 Å². The standard InChI is InChI=1S/C19H18F6N2O2/c20-18(21,22)11-1-5-16(26-9-11)27-13-3-4-14(27)8-15(7-13)29-17-6-2-12(10-28-17)19(23,24)25/h1-2,5-6,9,13-15H,3-4,7-8,10H2/t13-,14+,15?. The van der Waals surface area contributed by atoms with Crippen molar-refractivity contribution in [2.75, 3.05) is 11.5 Å². The number of nitrogens with zero attached hydrogens (tertiary/aromatic N) is 2. The predicted octanol–water partition coefficient (Wildman–Crippen LogP) is 4.98. The van der Waals surface area contributed by atoms with Gasteiger partial charge in [0.25, 0.3) is 5.95 Å². The lowest BCUT2D eigenvalue weighted by molar-refractivity contribution is -0.137. The second kappa shape index (κ2) is 7.14. The van der Waals surface area contributed by atoms with Gasteiger partial charge in [0, 0.05) is 37.2 Å². The van der Waals surface area contributed by atoms with Crippen LogP contribution in [0.15, 0.2) is 42.0 Å². The highest BCUT2D eigenvalue weighted by Gasteiger charge is 2.43. The first kappa shape index (κ1) is 19.9. The third-order valence-corrected chi connectivity index (χ3v) is 5.47. The third-order valence-electron chi connectivity index (χ3n) is 5.47. The van der Waals surface area contributed by atoms with Crippen molar-refractivity contribution in [3.05, 3.63) is 47.6 Å². The van der Waals surface area contributed by atoms with Crippen LogP contribution in [0.1, 0.15) is 31.2 Å². The average molecular weight is 420 g/mol. The summed E-state index contributed by atoms with van der Waals surface area (Å²) in [6.07, 6.45) is -3.23. The maximum atomic E-state index is 12.7. The summed E-state index contributed by atoms with van der Waals surface area (Å²) in [6.45, 7) is -0.587. The SMILES string of the molecule is FC(F)(F)C1=CC=C(OC2C[C@H]3CC[C@@H](C2)N3c2ccc(C(F)(F)F)cn2)OC1. The predicted molar refractivity (Wildman–Crippen MR) is 90.8 cm³/mol. The quantitative estimate of drug-likeness (QED) is 0.647. The van der Waals surface area contributed by atoms with Gasteiger partial charge in [-0.15, -0.1) is 0 Å². The van der Waals surface area contributed by atoms with Crippen molar-refractivity contribution in [3.8, 4) is 0 Å². The Labute approximate surface area is 162 Å². The minimum Gasteiger partial charge on any atom is -0.462 e. The van der Waals surface area contributed by atoms with Crippen LogP contribution in [0.3, 0.4) is 0 Å². The molecule has 10 heteroatoms. The summed E-state index contributed by atoms with van der Waals surface area (Å²) in [7, 11) is 0. The van der Waals surface area contributed by atoms with Crippen LogP contribution in [0.5, 0.6) is 0 Å². The Morgan fingerprint density at radius 1 is 0.966 bits per heavy atom. The highest BCUT2D eigenvalue weighted by Crippen LogP contribution is 2.41. The summed E-state index contributed by atoms with van der Waals surface area (Å²) in [4.78, 5) is 6.02. The van der Waals surface area contributed by atoms with Crippen LogP contribution in [-0.4, -0.2) is 36.0 Å². The number of allylic oxidation sites excluding steroid dienone is 2. The van der Waals surface area contributed by atoms with E-state index in [4.69, 9.17) is 9.47 Å². The van der Waals surface area contributed by atoms with E-state index in [9.17, 15) is 26.3 Å². The number of anilines is 1. The molecule has 2 fully saturated rings. The van der Waals surface area contributed by atoms with Crippen molar-refractivity contribution in [1.82, 2.24) is 4.98 Å². The number of fused-ring (bicyclic) bond motifs is 2. The smallest absolute Gasteiger partial charge is 0.417 e. The maximum absolute atomic E-state index is 12.7. The Balaban J connectivity index is 1.41. The van der Waals surface area contributed by atoms with E-state index >= 15 is 0 Å². The van der Waals surface area contributed by atoms with Gasteiger partial charge in [-0.25, -0.2) is 4.98 Å². The number of alkyl halides is 6. The number of hydrogen-bond acceptors (Lipinski definition) is 4. The van der Waals surface area contributed by atoms with E-state index < -0.39 is 30.1 Å². The Kier molecular flexibility index (Phi) is 4.90. The average Bonchev–Trinajstić information content (AvgIpc) is 2.91. The van der Waals surface area contributed by atoms with Crippen LogP contribution in [0, 0.1) is 0 Å². The van der Waals surface area contributed by atoms with Crippen LogP contribution in [0.25, 0.3) is 0 Å². The molecule has 3 aliphatic heterocycles. The number of piperidine rings is 1. The minimum atomic E-state index is -4.43. The monoisotopic (exact) mass is 420 g/mol. The highest BCUT2D eigenvalue weighted by atomic mass is 19.4. The molecule has 2 bridgehead atoms. The van der Waals surface area contributed by atoms with Gasteiger partial charge in [-0.3, -0.25) is 0 Å². The van der Waals surface area contributed by atoms with Crippen molar-refractivity contribution < 1.29 is 35.8 Å². The molecule has 4 nitrogen and oxygen atoms in total.